The molecule has 0 atom stereocenters. The molecule has 0 aliphatic heterocycles. The number of aromatic nitrogens is 4. The summed E-state index contributed by atoms with van der Waals surface area (Å²) < 4.78 is 9.60. The average molecular weight is 478 g/mol. The Kier molecular flexibility index (Phi) is 6.77. The Morgan fingerprint density at radius 1 is 1.06 bits per heavy atom. The highest BCUT2D eigenvalue weighted by atomic mass is 16.5. The molecule has 0 saturated carbocycles. The number of nitrogens with zero attached hydrogens (tertiary/aromatic N) is 4. The highest BCUT2D eigenvalue weighted by Gasteiger charge is 2.20. The molecule has 1 N–H and O–H groups in total. The van der Waals surface area contributed by atoms with Crippen molar-refractivity contribution in [1.29, 1.82) is 0 Å². The molecular formula is C26H31N5O4. The minimum absolute atomic E-state index is 0.161. The fourth-order valence-electron chi connectivity index (χ4n) is 4.03. The van der Waals surface area contributed by atoms with E-state index in [0.717, 1.165) is 5.56 Å². The van der Waals surface area contributed by atoms with Crippen LogP contribution in [0.25, 0.3) is 16.7 Å². The van der Waals surface area contributed by atoms with E-state index in [1.807, 2.05) is 52.0 Å². The van der Waals surface area contributed by atoms with Gasteiger partial charge in [-0.15, -0.1) is 5.10 Å². The van der Waals surface area contributed by atoms with Crippen LogP contribution in [0.4, 0.5) is 0 Å². The van der Waals surface area contributed by atoms with Gasteiger partial charge in [-0.3, -0.25) is 14.2 Å². The van der Waals surface area contributed by atoms with Crippen LogP contribution in [-0.2, 0) is 13.1 Å². The summed E-state index contributed by atoms with van der Waals surface area (Å²) in [4.78, 5) is 39.7. The number of methoxy groups -OCH3 is 1. The van der Waals surface area contributed by atoms with Crippen LogP contribution in [0.2, 0.25) is 0 Å². The molecule has 0 radical (unpaired) electrons. The van der Waals surface area contributed by atoms with Crippen molar-refractivity contribution < 1.29 is 9.53 Å². The molecule has 4 aromatic rings. The minimum atomic E-state index is -0.384. The van der Waals surface area contributed by atoms with Crippen LogP contribution in [-0.4, -0.2) is 38.3 Å². The Labute approximate surface area is 202 Å². The number of nitrogens with one attached hydrogen (secondary N) is 1. The summed E-state index contributed by atoms with van der Waals surface area (Å²) in [5.74, 6) is 1.14. The van der Waals surface area contributed by atoms with E-state index in [1.165, 1.54) is 13.6 Å². The van der Waals surface area contributed by atoms with Gasteiger partial charge in [0.1, 0.15) is 5.75 Å². The minimum Gasteiger partial charge on any atom is -0.497 e. The van der Waals surface area contributed by atoms with Crippen molar-refractivity contribution in [2.45, 2.75) is 40.8 Å². The average Bonchev–Trinajstić information content (AvgIpc) is 3.15. The first kappa shape index (κ1) is 24.3. The summed E-state index contributed by atoms with van der Waals surface area (Å²) in [6, 6.07) is 12.2. The van der Waals surface area contributed by atoms with Crippen molar-refractivity contribution in [3.63, 3.8) is 0 Å². The number of rotatable bonds is 8. The zero-order chi connectivity index (χ0) is 25.3. The molecule has 4 rings (SSSR count). The van der Waals surface area contributed by atoms with Crippen LogP contribution >= 0.6 is 0 Å². The summed E-state index contributed by atoms with van der Waals surface area (Å²) in [6.07, 6.45) is 0. The molecule has 1 amide bonds. The van der Waals surface area contributed by atoms with Gasteiger partial charge in [0.2, 0.25) is 5.78 Å². The standard InChI is InChI=1S/C26H31N5O4/c1-16(2)13-27-23(32)19-9-10-21-22(12-19)31-25(29(24(21)33)14-17(3)4)28-30(26(31)34)15-18-7-6-8-20(11-18)35-5/h6-12,16-17H,13-15H2,1-5H3,(H,27,32). The number of hydrogen-bond acceptors (Lipinski definition) is 5. The number of amides is 1. The lowest BCUT2D eigenvalue weighted by molar-refractivity contribution is 0.0949. The van der Waals surface area contributed by atoms with Crippen molar-refractivity contribution in [3.05, 3.63) is 74.4 Å². The number of ether oxygens (including phenoxy) is 1. The van der Waals surface area contributed by atoms with E-state index >= 15 is 0 Å². The smallest absolute Gasteiger partial charge is 0.352 e. The van der Waals surface area contributed by atoms with E-state index in [9.17, 15) is 14.4 Å². The van der Waals surface area contributed by atoms with Crippen LogP contribution in [0, 0.1) is 11.8 Å². The van der Waals surface area contributed by atoms with E-state index < -0.39 is 0 Å². The SMILES string of the molecule is COc1cccc(Cn2nc3n(CC(C)C)c(=O)c4ccc(C(=O)NCC(C)C)cc4n3c2=O)c1. The number of hydrogen-bond donors (Lipinski definition) is 1. The van der Waals surface area contributed by atoms with Gasteiger partial charge < -0.3 is 10.1 Å². The maximum atomic E-state index is 13.6. The second-order valence-corrected chi connectivity index (χ2v) is 9.57. The summed E-state index contributed by atoms with van der Waals surface area (Å²) in [7, 11) is 1.59. The molecule has 0 bridgehead atoms. The normalized spacial score (nSPS) is 11.6. The van der Waals surface area contributed by atoms with Gasteiger partial charge in [-0.05, 0) is 47.7 Å². The van der Waals surface area contributed by atoms with Gasteiger partial charge in [0.25, 0.3) is 11.5 Å². The first-order valence-electron chi connectivity index (χ1n) is 11.8. The Morgan fingerprint density at radius 3 is 2.51 bits per heavy atom. The number of benzene rings is 2. The summed E-state index contributed by atoms with van der Waals surface area (Å²) in [5.41, 5.74) is 0.960. The Hall–Kier alpha value is -3.88. The quantitative estimate of drug-likeness (QED) is 0.421. The molecule has 0 spiro atoms. The highest BCUT2D eigenvalue weighted by Crippen LogP contribution is 2.17. The molecule has 184 valence electrons. The molecule has 0 aliphatic carbocycles. The molecule has 0 unspecified atom stereocenters. The van der Waals surface area contributed by atoms with Crippen LogP contribution < -0.4 is 21.3 Å². The lowest BCUT2D eigenvalue weighted by Crippen LogP contribution is -2.29. The van der Waals surface area contributed by atoms with Crippen LogP contribution in [0.1, 0.15) is 43.6 Å². The predicted molar refractivity (Wildman–Crippen MR) is 135 cm³/mol. The Morgan fingerprint density at radius 2 is 1.83 bits per heavy atom. The van der Waals surface area contributed by atoms with Crippen LogP contribution in [0.5, 0.6) is 5.75 Å². The lowest BCUT2D eigenvalue weighted by atomic mass is 10.1. The van der Waals surface area contributed by atoms with E-state index in [1.54, 1.807) is 25.3 Å². The van der Waals surface area contributed by atoms with Gasteiger partial charge in [0.15, 0.2) is 0 Å². The number of fused-ring (bicyclic) bond motifs is 3. The third kappa shape index (κ3) is 4.84. The summed E-state index contributed by atoms with van der Waals surface area (Å²) in [5, 5.41) is 7.80. The Balaban J connectivity index is 1.92. The van der Waals surface area contributed by atoms with Gasteiger partial charge >= 0.3 is 5.69 Å². The Bertz CT molecular complexity index is 1510. The summed E-state index contributed by atoms with van der Waals surface area (Å²) in [6.45, 7) is 9.17. The van der Waals surface area contributed by atoms with Gasteiger partial charge in [0.05, 0.1) is 24.6 Å². The van der Waals surface area contributed by atoms with Crippen LogP contribution in [0.3, 0.4) is 0 Å². The van der Waals surface area contributed by atoms with Crippen molar-refractivity contribution in [2.24, 2.45) is 11.8 Å². The first-order valence-corrected chi connectivity index (χ1v) is 11.8. The molecule has 35 heavy (non-hydrogen) atoms. The molecule has 2 aromatic carbocycles. The lowest BCUT2D eigenvalue weighted by Gasteiger charge is -2.13. The third-order valence-corrected chi connectivity index (χ3v) is 5.73. The predicted octanol–water partition coefficient (Wildman–Crippen LogP) is 2.91. The monoisotopic (exact) mass is 477 g/mol. The van der Waals surface area contributed by atoms with Crippen molar-refractivity contribution in [2.75, 3.05) is 13.7 Å². The number of carbonyl (C=O) groups is 1. The topological polar surface area (TPSA) is 99.6 Å². The number of carbonyl (C=O) groups excluding carboxylic acids is 1. The van der Waals surface area contributed by atoms with E-state index in [4.69, 9.17) is 4.74 Å². The molecule has 9 nitrogen and oxygen atoms in total. The summed E-state index contributed by atoms with van der Waals surface area (Å²) >= 11 is 0. The van der Waals surface area contributed by atoms with Gasteiger partial charge in [-0.25, -0.2) is 13.9 Å². The van der Waals surface area contributed by atoms with Gasteiger partial charge in [-0.2, -0.15) is 0 Å². The van der Waals surface area contributed by atoms with Crippen molar-refractivity contribution >= 4 is 22.6 Å². The third-order valence-electron chi connectivity index (χ3n) is 5.73. The second kappa shape index (κ2) is 9.77. The molecule has 2 heterocycles. The second-order valence-electron chi connectivity index (χ2n) is 9.57. The zero-order valence-corrected chi connectivity index (χ0v) is 20.7. The fourth-order valence-corrected chi connectivity index (χ4v) is 4.03. The van der Waals surface area contributed by atoms with Gasteiger partial charge in [0, 0.05) is 18.7 Å². The fraction of sp³-hybridized carbons (Fsp3) is 0.385. The molecule has 0 aliphatic rings. The largest absolute Gasteiger partial charge is 0.497 e. The molecule has 0 saturated heterocycles. The molecular weight excluding hydrogens is 446 g/mol. The molecule has 9 heteroatoms. The zero-order valence-electron chi connectivity index (χ0n) is 20.7. The first-order chi connectivity index (χ1) is 16.7. The van der Waals surface area contributed by atoms with Crippen molar-refractivity contribution in [3.8, 4) is 5.75 Å². The highest BCUT2D eigenvalue weighted by molar-refractivity contribution is 5.98. The van der Waals surface area contributed by atoms with E-state index in [0.29, 0.717) is 41.2 Å². The maximum absolute atomic E-state index is 13.6. The van der Waals surface area contributed by atoms with Gasteiger partial charge in [-0.1, -0.05) is 39.8 Å². The van der Waals surface area contributed by atoms with Crippen molar-refractivity contribution in [1.82, 2.24) is 24.1 Å². The van der Waals surface area contributed by atoms with E-state index in [2.05, 4.69) is 10.4 Å². The molecule has 2 aromatic heterocycles. The van der Waals surface area contributed by atoms with Crippen LogP contribution in [0.15, 0.2) is 52.1 Å². The molecule has 0 fully saturated rings. The van der Waals surface area contributed by atoms with E-state index in [-0.39, 0.29) is 35.4 Å². The maximum Gasteiger partial charge on any atom is 0.352 e.